The monoisotopic (exact) mass is 283 g/mol. The lowest BCUT2D eigenvalue weighted by Crippen LogP contribution is -2.43. The Kier molecular flexibility index (Phi) is 4.94. The molecule has 8 nitrogen and oxygen atoms in total. The van der Waals surface area contributed by atoms with Crippen LogP contribution in [0.4, 0.5) is 0 Å². The lowest BCUT2D eigenvalue weighted by Gasteiger charge is -2.26. The molecule has 2 heterocycles. The van der Waals surface area contributed by atoms with Crippen LogP contribution in [0.1, 0.15) is 17.3 Å². The number of H-pyrrole nitrogens is 1. The molecular formula is C12H17N3O5. The average molecular weight is 283 g/mol. The van der Waals surface area contributed by atoms with E-state index in [1.54, 1.807) is 11.8 Å². The fourth-order valence-corrected chi connectivity index (χ4v) is 1.78. The number of carbonyl (C=O) groups excluding carboxylic acids is 2. The number of nitrogens with one attached hydrogen (secondary N) is 1. The highest BCUT2D eigenvalue weighted by atomic mass is 16.5. The molecule has 0 saturated carbocycles. The lowest BCUT2D eigenvalue weighted by molar-refractivity contribution is -0.137. The molecule has 1 N–H and O–H groups in total. The van der Waals surface area contributed by atoms with Gasteiger partial charge in [0.2, 0.25) is 5.88 Å². The van der Waals surface area contributed by atoms with E-state index < -0.39 is 5.97 Å². The Labute approximate surface area is 116 Å². The molecule has 0 aromatic carbocycles. The van der Waals surface area contributed by atoms with Gasteiger partial charge >= 0.3 is 5.97 Å². The number of nitrogens with zero attached hydrogens (tertiary/aromatic N) is 2. The Morgan fingerprint density at radius 1 is 1.45 bits per heavy atom. The summed E-state index contributed by atoms with van der Waals surface area (Å²) in [7, 11) is 0. The average Bonchev–Trinajstić information content (AvgIpc) is 2.94. The van der Waals surface area contributed by atoms with Crippen molar-refractivity contribution in [3.05, 3.63) is 11.8 Å². The highest BCUT2D eigenvalue weighted by Crippen LogP contribution is 2.15. The van der Waals surface area contributed by atoms with Crippen molar-refractivity contribution in [2.24, 2.45) is 0 Å². The number of aromatic nitrogens is 2. The summed E-state index contributed by atoms with van der Waals surface area (Å²) in [6.45, 7) is 3.98. The summed E-state index contributed by atoms with van der Waals surface area (Å²) in [5, 5.41) is 6.26. The number of amides is 1. The quantitative estimate of drug-likeness (QED) is 0.754. The Hall–Kier alpha value is -2.09. The van der Waals surface area contributed by atoms with Crippen molar-refractivity contribution in [2.75, 3.05) is 39.5 Å². The minimum Gasteiger partial charge on any atom is -0.467 e. The zero-order valence-corrected chi connectivity index (χ0v) is 11.3. The van der Waals surface area contributed by atoms with Crippen molar-refractivity contribution in [3.63, 3.8) is 0 Å². The van der Waals surface area contributed by atoms with E-state index in [2.05, 4.69) is 10.2 Å². The molecule has 20 heavy (non-hydrogen) atoms. The Morgan fingerprint density at radius 2 is 2.20 bits per heavy atom. The molecule has 0 spiro atoms. The summed E-state index contributed by atoms with van der Waals surface area (Å²) in [6, 6.07) is 0. The second-order valence-electron chi connectivity index (χ2n) is 4.12. The Balaban J connectivity index is 1.89. The summed E-state index contributed by atoms with van der Waals surface area (Å²) in [6.07, 6.45) is 1.31. The third-order valence-corrected chi connectivity index (χ3v) is 2.80. The largest absolute Gasteiger partial charge is 0.467 e. The molecule has 1 aromatic heterocycles. The highest BCUT2D eigenvalue weighted by Gasteiger charge is 2.20. The summed E-state index contributed by atoms with van der Waals surface area (Å²) in [4.78, 5) is 25.2. The summed E-state index contributed by atoms with van der Waals surface area (Å²) >= 11 is 0. The van der Waals surface area contributed by atoms with E-state index >= 15 is 0 Å². The molecule has 1 aliphatic rings. The van der Waals surface area contributed by atoms with Crippen LogP contribution in [0.5, 0.6) is 5.88 Å². The van der Waals surface area contributed by atoms with E-state index in [1.165, 1.54) is 6.20 Å². The maximum absolute atomic E-state index is 11.9. The van der Waals surface area contributed by atoms with Gasteiger partial charge in [0.25, 0.3) is 5.91 Å². The molecule has 1 amide bonds. The zero-order valence-electron chi connectivity index (χ0n) is 11.3. The third kappa shape index (κ3) is 3.47. The first-order valence-electron chi connectivity index (χ1n) is 6.41. The van der Waals surface area contributed by atoms with Gasteiger partial charge in [0.15, 0.2) is 6.61 Å². The van der Waals surface area contributed by atoms with Gasteiger partial charge in [0, 0.05) is 13.1 Å². The number of esters is 1. The molecule has 1 saturated heterocycles. The van der Waals surface area contributed by atoms with Crippen molar-refractivity contribution in [1.82, 2.24) is 15.1 Å². The van der Waals surface area contributed by atoms with Crippen LogP contribution in [-0.4, -0.2) is 66.5 Å². The van der Waals surface area contributed by atoms with Gasteiger partial charge in [-0.2, -0.15) is 5.10 Å². The maximum atomic E-state index is 11.9. The van der Waals surface area contributed by atoms with Crippen molar-refractivity contribution >= 4 is 11.9 Å². The van der Waals surface area contributed by atoms with Gasteiger partial charge in [0.1, 0.15) is 5.56 Å². The van der Waals surface area contributed by atoms with Gasteiger partial charge in [-0.05, 0) is 6.92 Å². The smallest absolute Gasteiger partial charge is 0.345 e. The molecule has 0 atom stereocenters. The highest BCUT2D eigenvalue weighted by molar-refractivity contribution is 5.91. The van der Waals surface area contributed by atoms with E-state index in [1.807, 2.05) is 0 Å². The molecule has 0 bridgehead atoms. The standard InChI is InChI=1S/C12H17N3O5/c1-2-19-12(17)9-7-13-14-11(9)20-8-10(16)15-3-5-18-6-4-15/h7H,2-6,8H2,1H3,(H,13,14). The molecule has 1 aromatic rings. The van der Waals surface area contributed by atoms with Crippen LogP contribution in [0.2, 0.25) is 0 Å². The van der Waals surface area contributed by atoms with Crippen molar-refractivity contribution in [2.45, 2.75) is 6.92 Å². The topological polar surface area (TPSA) is 93.8 Å². The molecule has 0 unspecified atom stereocenters. The molecule has 0 radical (unpaired) electrons. The molecule has 1 fully saturated rings. The van der Waals surface area contributed by atoms with Crippen molar-refractivity contribution < 1.29 is 23.8 Å². The minimum atomic E-state index is -0.532. The number of carbonyl (C=O) groups is 2. The van der Waals surface area contributed by atoms with Crippen LogP contribution in [0.3, 0.4) is 0 Å². The second kappa shape index (κ2) is 6.90. The van der Waals surface area contributed by atoms with Gasteiger partial charge in [-0.3, -0.25) is 4.79 Å². The van der Waals surface area contributed by atoms with Gasteiger partial charge in [-0.25, -0.2) is 9.89 Å². The Bertz CT molecular complexity index is 467. The van der Waals surface area contributed by atoms with Gasteiger partial charge in [-0.1, -0.05) is 0 Å². The predicted molar refractivity (Wildman–Crippen MR) is 67.4 cm³/mol. The number of ether oxygens (including phenoxy) is 3. The molecule has 0 aliphatic carbocycles. The minimum absolute atomic E-state index is 0.144. The fraction of sp³-hybridized carbons (Fsp3) is 0.583. The number of aromatic amines is 1. The maximum Gasteiger partial charge on any atom is 0.345 e. The van der Waals surface area contributed by atoms with E-state index in [-0.39, 0.29) is 30.6 Å². The van der Waals surface area contributed by atoms with Crippen LogP contribution in [0.15, 0.2) is 6.20 Å². The molecule has 8 heteroatoms. The second-order valence-corrected chi connectivity index (χ2v) is 4.12. The zero-order chi connectivity index (χ0) is 14.4. The van der Waals surface area contributed by atoms with Crippen LogP contribution >= 0.6 is 0 Å². The number of morpholine rings is 1. The molecule has 1 aliphatic heterocycles. The fourth-order valence-electron chi connectivity index (χ4n) is 1.78. The van der Waals surface area contributed by atoms with E-state index in [0.29, 0.717) is 26.3 Å². The number of rotatable bonds is 5. The first-order chi connectivity index (χ1) is 9.72. The number of hydrogen-bond donors (Lipinski definition) is 1. The molecule has 2 rings (SSSR count). The summed E-state index contributed by atoms with van der Waals surface area (Å²) < 4.78 is 15.3. The summed E-state index contributed by atoms with van der Waals surface area (Å²) in [5.74, 6) is -0.544. The third-order valence-electron chi connectivity index (χ3n) is 2.80. The van der Waals surface area contributed by atoms with E-state index in [0.717, 1.165) is 0 Å². The molecule has 110 valence electrons. The van der Waals surface area contributed by atoms with Crippen LogP contribution in [-0.2, 0) is 14.3 Å². The van der Waals surface area contributed by atoms with Crippen LogP contribution in [0.25, 0.3) is 0 Å². The van der Waals surface area contributed by atoms with E-state index in [9.17, 15) is 9.59 Å². The van der Waals surface area contributed by atoms with Gasteiger partial charge in [0.05, 0.1) is 26.0 Å². The summed E-state index contributed by atoms with van der Waals surface area (Å²) in [5.41, 5.74) is 0.182. The Morgan fingerprint density at radius 3 is 2.90 bits per heavy atom. The number of hydrogen-bond acceptors (Lipinski definition) is 6. The lowest BCUT2D eigenvalue weighted by atomic mass is 10.3. The first-order valence-corrected chi connectivity index (χ1v) is 6.41. The van der Waals surface area contributed by atoms with Crippen LogP contribution < -0.4 is 4.74 Å². The van der Waals surface area contributed by atoms with Gasteiger partial charge in [-0.15, -0.1) is 0 Å². The SMILES string of the molecule is CCOC(=O)c1cn[nH]c1OCC(=O)N1CCOCC1. The predicted octanol–water partition coefficient (Wildman–Crippen LogP) is -0.176. The van der Waals surface area contributed by atoms with Crippen molar-refractivity contribution in [1.29, 1.82) is 0 Å². The van der Waals surface area contributed by atoms with Crippen LogP contribution in [0, 0.1) is 0 Å². The molecular weight excluding hydrogens is 266 g/mol. The van der Waals surface area contributed by atoms with Gasteiger partial charge < -0.3 is 19.1 Å². The first kappa shape index (κ1) is 14.3. The van der Waals surface area contributed by atoms with Crippen molar-refractivity contribution in [3.8, 4) is 5.88 Å². The normalized spacial score (nSPS) is 14.9. The van der Waals surface area contributed by atoms with E-state index in [4.69, 9.17) is 14.2 Å².